The van der Waals surface area contributed by atoms with E-state index >= 15 is 0 Å². The predicted octanol–water partition coefficient (Wildman–Crippen LogP) is 5.19. The molecule has 168 valence electrons. The average Bonchev–Trinajstić information content (AvgIpc) is 2.70. The van der Waals surface area contributed by atoms with Crippen LogP contribution in [0.3, 0.4) is 0 Å². The van der Waals surface area contributed by atoms with E-state index in [0.717, 1.165) is 6.07 Å². The number of sulfonamides is 1. The summed E-state index contributed by atoms with van der Waals surface area (Å²) in [6, 6.07) is 6.25. The molecule has 2 aromatic carbocycles. The number of hydrogen-bond donors (Lipinski definition) is 1. The molecule has 0 radical (unpaired) electrons. The third-order valence-corrected chi connectivity index (χ3v) is 7.49. The number of piperidine rings is 1. The molecule has 0 aliphatic carbocycles. The van der Waals surface area contributed by atoms with Crippen LogP contribution in [0.4, 0.5) is 23.2 Å². The molecule has 0 atom stereocenters. The van der Waals surface area contributed by atoms with Crippen LogP contribution in [0.5, 0.6) is 0 Å². The molecule has 1 saturated heterocycles. The molecule has 0 unspecified atom stereocenters. The number of carbonyl (C=O) groups is 1. The molecule has 0 saturated carbocycles. The lowest BCUT2D eigenvalue weighted by Gasteiger charge is -2.30. The molecule has 1 amide bonds. The Bertz CT molecular complexity index is 1100. The van der Waals surface area contributed by atoms with Crippen LogP contribution in [0.25, 0.3) is 0 Å². The molecule has 0 bridgehead atoms. The quantitative estimate of drug-likeness (QED) is 0.589. The average molecular weight is 499 g/mol. The smallest absolute Gasteiger partial charge is 0.326 e. The fourth-order valence-electron chi connectivity index (χ4n) is 3.24. The van der Waals surface area contributed by atoms with Gasteiger partial charge in [-0.1, -0.05) is 23.2 Å². The molecule has 1 heterocycles. The Hall–Kier alpha value is -1.88. The van der Waals surface area contributed by atoms with E-state index in [1.54, 1.807) is 0 Å². The Morgan fingerprint density at radius 2 is 1.71 bits per heavy atom. The van der Waals surface area contributed by atoms with Gasteiger partial charge in [0.1, 0.15) is 10.7 Å². The number of rotatable bonds is 4. The fourth-order valence-corrected chi connectivity index (χ4v) is 5.44. The number of halogens is 6. The minimum atomic E-state index is -4.90. The van der Waals surface area contributed by atoms with E-state index in [1.807, 2.05) is 0 Å². The maximum Gasteiger partial charge on any atom is 0.419 e. The third kappa shape index (κ3) is 5.31. The van der Waals surface area contributed by atoms with Crippen LogP contribution in [-0.4, -0.2) is 31.7 Å². The first kappa shape index (κ1) is 23.8. The van der Waals surface area contributed by atoms with E-state index in [0.29, 0.717) is 12.1 Å². The summed E-state index contributed by atoms with van der Waals surface area (Å²) in [4.78, 5) is 12.3. The van der Waals surface area contributed by atoms with Crippen LogP contribution in [-0.2, 0) is 21.0 Å². The van der Waals surface area contributed by atoms with Crippen molar-refractivity contribution in [2.75, 3.05) is 18.4 Å². The monoisotopic (exact) mass is 498 g/mol. The number of nitrogens with zero attached hydrogens (tertiary/aromatic N) is 1. The molecular weight excluding hydrogens is 483 g/mol. The lowest BCUT2D eigenvalue weighted by atomic mass is 9.97. The third-order valence-electron chi connectivity index (χ3n) is 4.88. The van der Waals surface area contributed by atoms with Crippen molar-refractivity contribution in [3.63, 3.8) is 0 Å². The molecule has 3 rings (SSSR count). The molecular formula is C19H16Cl2F4N2O3S. The summed E-state index contributed by atoms with van der Waals surface area (Å²) in [5.74, 6) is -2.64. The standard InChI is InChI=1S/C19H16Cl2F4N2O3S/c20-12-1-3-15(21)17(9-12)31(29,30)27-7-5-11(6-8-27)18(28)26-13-2-4-16(22)14(10-13)19(23,24)25/h1-4,9-11H,5-8H2,(H,26,28). The van der Waals surface area contributed by atoms with E-state index in [2.05, 4.69) is 5.32 Å². The topological polar surface area (TPSA) is 66.5 Å². The van der Waals surface area contributed by atoms with Crippen LogP contribution < -0.4 is 5.32 Å². The molecule has 12 heteroatoms. The van der Waals surface area contributed by atoms with E-state index in [4.69, 9.17) is 23.2 Å². The van der Waals surface area contributed by atoms with Crippen molar-refractivity contribution in [3.05, 3.63) is 57.8 Å². The van der Waals surface area contributed by atoms with Gasteiger partial charge in [0.2, 0.25) is 15.9 Å². The highest BCUT2D eigenvalue weighted by molar-refractivity contribution is 7.89. The van der Waals surface area contributed by atoms with E-state index in [-0.39, 0.29) is 46.6 Å². The Morgan fingerprint density at radius 3 is 2.32 bits per heavy atom. The lowest BCUT2D eigenvalue weighted by molar-refractivity contribution is -0.140. The largest absolute Gasteiger partial charge is 0.419 e. The summed E-state index contributed by atoms with van der Waals surface area (Å²) in [5.41, 5.74) is -1.68. The van der Waals surface area contributed by atoms with E-state index < -0.39 is 39.4 Å². The van der Waals surface area contributed by atoms with Crippen LogP contribution in [0.1, 0.15) is 18.4 Å². The van der Waals surface area contributed by atoms with Crippen LogP contribution in [0.2, 0.25) is 10.0 Å². The zero-order valence-corrected chi connectivity index (χ0v) is 18.0. The van der Waals surface area contributed by atoms with Gasteiger partial charge >= 0.3 is 6.18 Å². The van der Waals surface area contributed by atoms with Gasteiger partial charge in [0.15, 0.2) is 0 Å². The Balaban J connectivity index is 1.67. The number of hydrogen-bond acceptors (Lipinski definition) is 3. The molecule has 0 spiro atoms. The van der Waals surface area contributed by atoms with Gasteiger partial charge < -0.3 is 5.32 Å². The second-order valence-electron chi connectivity index (χ2n) is 6.93. The highest BCUT2D eigenvalue weighted by Crippen LogP contribution is 2.34. The van der Waals surface area contributed by atoms with Crippen molar-refractivity contribution in [1.29, 1.82) is 0 Å². The summed E-state index contributed by atoms with van der Waals surface area (Å²) in [6.07, 6.45) is -4.60. The van der Waals surface area contributed by atoms with E-state index in [9.17, 15) is 30.8 Å². The Labute approximate surface area is 186 Å². The molecule has 31 heavy (non-hydrogen) atoms. The van der Waals surface area contributed by atoms with Crippen molar-refractivity contribution in [3.8, 4) is 0 Å². The fraction of sp³-hybridized carbons (Fsp3) is 0.316. The Kier molecular flexibility index (Phi) is 6.85. The predicted molar refractivity (Wildman–Crippen MR) is 108 cm³/mol. The van der Waals surface area contributed by atoms with Crippen molar-refractivity contribution in [2.24, 2.45) is 5.92 Å². The molecule has 1 aliphatic rings. The van der Waals surface area contributed by atoms with Crippen molar-refractivity contribution in [1.82, 2.24) is 4.31 Å². The minimum absolute atomic E-state index is 0.0144. The maximum atomic E-state index is 13.4. The Morgan fingerprint density at radius 1 is 1.06 bits per heavy atom. The van der Waals surface area contributed by atoms with Gasteiger partial charge in [0, 0.05) is 29.7 Å². The van der Waals surface area contributed by atoms with Gasteiger partial charge in [0.05, 0.1) is 10.6 Å². The van der Waals surface area contributed by atoms with Crippen LogP contribution in [0.15, 0.2) is 41.3 Å². The van der Waals surface area contributed by atoms with Gasteiger partial charge in [-0.15, -0.1) is 0 Å². The first-order valence-electron chi connectivity index (χ1n) is 9.02. The molecule has 1 N–H and O–H groups in total. The molecule has 2 aromatic rings. The number of benzene rings is 2. The number of carbonyl (C=O) groups excluding carboxylic acids is 1. The second kappa shape index (κ2) is 8.93. The SMILES string of the molecule is O=C(Nc1ccc(F)c(C(F)(F)F)c1)C1CCN(S(=O)(=O)c2cc(Cl)ccc2Cl)CC1. The van der Waals surface area contributed by atoms with Crippen molar-refractivity contribution in [2.45, 2.75) is 23.9 Å². The highest BCUT2D eigenvalue weighted by Gasteiger charge is 2.35. The van der Waals surface area contributed by atoms with Gasteiger partial charge in [-0.05, 0) is 49.2 Å². The maximum absolute atomic E-state index is 13.4. The summed E-state index contributed by atoms with van der Waals surface area (Å²) in [5, 5.41) is 2.56. The number of anilines is 1. The van der Waals surface area contributed by atoms with Crippen LogP contribution in [0, 0.1) is 11.7 Å². The van der Waals surface area contributed by atoms with Gasteiger partial charge in [-0.25, -0.2) is 12.8 Å². The first-order valence-corrected chi connectivity index (χ1v) is 11.2. The van der Waals surface area contributed by atoms with E-state index in [1.165, 1.54) is 22.5 Å². The molecule has 5 nitrogen and oxygen atoms in total. The first-order chi connectivity index (χ1) is 14.4. The van der Waals surface area contributed by atoms with Gasteiger partial charge in [-0.2, -0.15) is 17.5 Å². The summed E-state index contributed by atoms with van der Waals surface area (Å²) < 4.78 is 78.7. The summed E-state index contributed by atoms with van der Waals surface area (Å²) in [7, 11) is -3.93. The second-order valence-corrected chi connectivity index (χ2v) is 9.68. The van der Waals surface area contributed by atoms with Gasteiger partial charge in [-0.3, -0.25) is 4.79 Å². The van der Waals surface area contributed by atoms with Crippen LogP contribution >= 0.6 is 23.2 Å². The van der Waals surface area contributed by atoms with Gasteiger partial charge in [0.25, 0.3) is 0 Å². The van der Waals surface area contributed by atoms with Crippen molar-refractivity contribution < 1.29 is 30.8 Å². The molecule has 1 aliphatic heterocycles. The number of alkyl halides is 3. The highest BCUT2D eigenvalue weighted by atomic mass is 35.5. The summed E-state index contributed by atoms with van der Waals surface area (Å²) >= 11 is 11.9. The zero-order valence-electron chi connectivity index (χ0n) is 15.7. The lowest BCUT2D eigenvalue weighted by Crippen LogP contribution is -2.41. The molecule has 1 fully saturated rings. The normalized spacial score (nSPS) is 16.3. The summed E-state index contributed by atoms with van der Waals surface area (Å²) in [6.45, 7) is 0.0287. The zero-order chi connectivity index (χ0) is 23.0. The van der Waals surface area contributed by atoms with Crippen molar-refractivity contribution >= 4 is 44.8 Å². The number of nitrogens with one attached hydrogen (secondary N) is 1. The molecule has 0 aromatic heterocycles. The minimum Gasteiger partial charge on any atom is -0.326 e. The number of amides is 1.